The quantitative estimate of drug-likeness (QED) is 0.225. The summed E-state index contributed by atoms with van der Waals surface area (Å²) in [6.45, 7) is 4.81. The summed E-state index contributed by atoms with van der Waals surface area (Å²) >= 11 is 0. The fourth-order valence-corrected chi connectivity index (χ4v) is 7.42. The molecule has 2 aliphatic carbocycles. The highest BCUT2D eigenvalue weighted by atomic mass is 14.7. The van der Waals surface area contributed by atoms with E-state index in [9.17, 15) is 0 Å². The number of fused-ring (bicyclic) bond motifs is 6. The van der Waals surface area contributed by atoms with Crippen LogP contribution in [-0.4, -0.2) is 4.98 Å². The van der Waals surface area contributed by atoms with Crippen molar-refractivity contribution in [2.75, 3.05) is 0 Å². The first-order valence-electron chi connectivity index (χ1n) is 14.4. The van der Waals surface area contributed by atoms with E-state index < -0.39 is 0 Å². The Morgan fingerprint density at radius 2 is 1.40 bits per heavy atom. The molecule has 1 heterocycles. The number of aromatic nitrogens is 1. The van der Waals surface area contributed by atoms with Crippen LogP contribution in [-0.2, 0) is 18.3 Å². The van der Waals surface area contributed by atoms with Crippen LogP contribution in [0.2, 0.25) is 0 Å². The molecule has 0 saturated carbocycles. The lowest BCUT2D eigenvalue weighted by Gasteiger charge is -2.39. The van der Waals surface area contributed by atoms with Crippen LogP contribution in [0.1, 0.15) is 47.6 Å². The summed E-state index contributed by atoms with van der Waals surface area (Å²) < 4.78 is 0. The predicted octanol–water partition coefficient (Wildman–Crippen LogP) is 9.76. The van der Waals surface area contributed by atoms with E-state index in [0.717, 1.165) is 24.1 Å². The van der Waals surface area contributed by atoms with Gasteiger partial charge in [-0.1, -0.05) is 111 Å². The van der Waals surface area contributed by atoms with Crippen LogP contribution in [0.15, 0.2) is 121 Å². The fraction of sp³-hybridized carbons (Fsp3) is 0.154. The molecule has 6 aromatic rings. The van der Waals surface area contributed by atoms with Crippen LogP contribution >= 0.6 is 0 Å². The molecular weight excluding hydrogens is 482 g/mol. The van der Waals surface area contributed by atoms with Gasteiger partial charge in [0.15, 0.2) is 0 Å². The predicted molar refractivity (Wildman–Crippen MR) is 167 cm³/mol. The summed E-state index contributed by atoms with van der Waals surface area (Å²) in [5.41, 5.74) is 14.9. The number of hydrogen-bond acceptors (Lipinski definition) is 1. The monoisotopic (exact) mass is 513 g/mol. The highest BCUT2D eigenvalue weighted by molar-refractivity contribution is 5.95. The van der Waals surface area contributed by atoms with Crippen LogP contribution in [0, 0.1) is 0 Å². The van der Waals surface area contributed by atoms with Crippen molar-refractivity contribution in [3.05, 3.63) is 149 Å². The number of nitrogens with zero attached hydrogens (tertiary/aromatic N) is 1. The van der Waals surface area contributed by atoms with Gasteiger partial charge in [-0.15, -0.1) is 0 Å². The molecule has 5 aromatic carbocycles. The van der Waals surface area contributed by atoms with Crippen molar-refractivity contribution in [3.8, 4) is 33.5 Å². The minimum Gasteiger partial charge on any atom is -0.256 e. The van der Waals surface area contributed by atoms with Gasteiger partial charge in [-0.25, -0.2) is 0 Å². The molecule has 8 rings (SSSR count). The number of pyridine rings is 1. The Kier molecular flexibility index (Phi) is 5.13. The second-order valence-corrected chi connectivity index (χ2v) is 12.0. The molecule has 192 valence electrons. The molecule has 0 amide bonds. The van der Waals surface area contributed by atoms with Gasteiger partial charge in [0.2, 0.25) is 0 Å². The maximum atomic E-state index is 4.79. The molecule has 0 N–H and O–H groups in total. The third kappa shape index (κ3) is 3.51. The van der Waals surface area contributed by atoms with Crippen LogP contribution in [0.5, 0.6) is 0 Å². The van der Waals surface area contributed by atoms with Crippen molar-refractivity contribution in [1.29, 1.82) is 0 Å². The zero-order chi connectivity index (χ0) is 26.8. The van der Waals surface area contributed by atoms with Crippen molar-refractivity contribution in [2.24, 2.45) is 0 Å². The molecule has 1 heteroatoms. The molecule has 2 bridgehead atoms. The number of benzene rings is 5. The second kappa shape index (κ2) is 8.76. The Morgan fingerprint density at radius 3 is 2.35 bits per heavy atom. The van der Waals surface area contributed by atoms with Crippen molar-refractivity contribution in [1.82, 2.24) is 4.98 Å². The standard InChI is InChI=1S/C39H31N/c1-39(2)36-15-6-4-10-28(36)22-30-24-35-33(14-8-16-37(35)39)34-23-27(17-18-31(30)34)26-11-7-12-29(21-26)38-32-13-5-3-9-25(32)19-20-40-38/h3-21,23,30H,22,24H2,1-2H3. The topological polar surface area (TPSA) is 12.9 Å². The van der Waals surface area contributed by atoms with Gasteiger partial charge in [0.05, 0.1) is 5.69 Å². The van der Waals surface area contributed by atoms with Crippen LogP contribution in [0.4, 0.5) is 0 Å². The molecule has 1 unspecified atom stereocenters. The third-order valence-electron chi connectivity index (χ3n) is 9.38. The largest absolute Gasteiger partial charge is 0.256 e. The van der Waals surface area contributed by atoms with E-state index >= 15 is 0 Å². The molecule has 40 heavy (non-hydrogen) atoms. The van der Waals surface area contributed by atoms with Gasteiger partial charge in [0.1, 0.15) is 0 Å². The van der Waals surface area contributed by atoms with Crippen molar-refractivity contribution < 1.29 is 0 Å². The Bertz CT molecular complexity index is 1940. The molecule has 2 aliphatic rings. The third-order valence-corrected chi connectivity index (χ3v) is 9.38. The van der Waals surface area contributed by atoms with E-state index in [1.54, 1.807) is 0 Å². The van der Waals surface area contributed by atoms with Crippen LogP contribution in [0.25, 0.3) is 44.3 Å². The van der Waals surface area contributed by atoms with Gasteiger partial charge >= 0.3 is 0 Å². The SMILES string of the molecule is CC1(C)c2ccccc2CC2Cc3c(cccc31)-c1cc(-c3cccc(-c4nccc5ccccc45)c3)ccc12. The maximum Gasteiger partial charge on any atom is 0.0780 e. The molecular formula is C39H31N. The van der Waals surface area contributed by atoms with E-state index in [0.29, 0.717) is 5.92 Å². The zero-order valence-electron chi connectivity index (χ0n) is 23.0. The first-order chi connectivity index (χ1) is 19.6. The summed E-state index contributed by atoms with van der Waals surface area (Å²) in [6.07, 6.45) is 4.11. The molecule has 1 aromatic heterocycles. The Hall–Kier alpha value is -4.49. The molecule has 1 atom stereocenters. The fourth-order valence-electron chi connectivity index (χ4n) is 7.42. The summed E-state index contributed by atoms with van der Waals surface area (Å²) in [5.74, 6) is 0.487. The van der Waals surface area contributed by atoms with E-state index in [-0.39, 0.29) is 5.41 Å². The molecule has 0 fully saturated rings. The first kappa shape index (κ1) is 23.4. The van der Waals surface area contributed by atoms with E-state index in [4.69, 9.17) is 4.98 Å². The lowest BCUT2D eigenvalue weighted by Crippen LogP contribution is -2.28. The molecule has 1 nitrogen and oxygen atoms in total. The van der Waals surface area contributed by atoms with Crippen molar-refractivity contribution in [2.45, 2.75) is 38.0 Å². The normalized spacial score (nSPS) is 16.5. The minimum absolute atomic E-state index is 0.0260. The number of hydrogen-bond donors (Lipinski definition) is 0. The lowest BCUT2D eigenvalue weighted by molar-refractivity contribution is 0.573. The Balaban J connectivity index is 1.29. The minimum atomic E-state index is -0.0260. The van der Waals surface area contributed by atoms with E-state index in [1.165, 1.54) is 60.8 Å². The van der Waals surface area contributed by atoms with Gasteiger partial charge in [-0.05, 0) is 92.4 Å². The molecule has 0 aliphatic heterocycles. The molecule has 0 saturated heterocycles. The van der Waals surface area contributed by atoms with Gasteiger partial charge in [0, 0.05) is 22.6 Å². The molecule has 0 spiro atoms. The average Bonchev–Trinajstić information content (AvgIpc) is 3.00. The summed E-state index contributed by atoms with van der Waals surface area (Å²) in [5, 5.41) is 2.41. The second-order valence-electron chi connectivity index (χ2n) is 12.0. The van der Waals surface area contributed by atoms with Crippen LogP contribution < -0.4 is 0 Å². The van der Waals surface area contributed by atoms with Gasteiger partial charge < -0.3 is 0 Å². The highest BCUT2D eigenvalue weighted by Crippen LogP contribution is 2.49. The average molecular weight is 514 g/mol. The Labute approximate surface area is 236 Å². The first-order valence-corrected chi connectivity index (χ1v) is 14.4. The zero-order valence-corrected chi connectivity index (χ0v) is 23.0. The Morgan fingerprint density at radius 1 is 0.625 bits per heavy atom. The van der Waals surface area contributed by atoms with Gasteiger partial charge in [0.25, 0.3) is 0 Å². The van der Waals surface area contributed by atoms with Gasteiger partial charge in [-0.2, -0.15) is 0 Å². The van der Waals surface area contributed by atoms with Crippen LogP contribution in [0.3, 0.4) is 0 Å². The highest BCUT2D eigenvalue weighted by Gasteiger charge is 2.36. The van der Waals surface area contributed by atoms with Crippen molar-refractivity contribution in [3.63, 3.8) is 0 Å². The maximum absolute atomic E-state index is 4.79. The summed E-state index contributed by atoms with van der Waals surface area (Å²) in [6, 6.07) is 42.7. The molecule has 0 radical (unpaired) electrons. The number of rotatable bonds is 2. The summed E-state index contributed by atoms with van der Waals surface area (Å²) in [7, 11) is 0. The van der Waals surface area contributed by atoms with Gasteiger partial charge in [-0.3, -0.25) is 4.98 Å². The lowest BCUT2D eigenvalue weighted by atomic mass is 9.65. The van der Waals surface area contributed by atoms with E-state index in [2.05, 4.69) is 129 Å². The smallest absolute Gasteiger partial charge is 0.0780 e. The summed E-state index contributed by atoms with van der Waals surface area (Å²) in [4.78, 5) is 4.79. The van der Waals surface area contributed by atoms with Crippen molar-refractivity contribution >= 4 is 10.8 Å². The van der Waals surface area contributed by atoms with E-state index in [1.807, 2.05) is 6.20 Å².